The normalized spacial score (nSPS) is 10.3. The average molecular weight is 239 g/mol. The van der Waals surface area contributed by atoms with E-state index in [1.807, 2.05) is 18.2 Å². The summed E-state index contributed by atoms with van der Waals surface area (Å²) < 4.78 is 0. The Kier molecular flexibility index (Phi) is 3.19. The predicted molar refractivity (Wildman–Crippen MR) is 62.0 cm³/mol. The van der Waals surface area contributed by atoms with Crippen LogP contribution < -0.4 is 0 Å². The van der Waals surface area contributed by atoms with Crippen molar-refractivity contribution in [3.8, 4) is 11.3 Å². The van der Waals surface area contributed by atoms with Crippen LogP contribution in [0.3, 0.4) is 0 Å². The van der Waals surface area contributed by atoms with Gasteiger partial charge in [-0.1, -0.05) is 17.7 Å². The zero-order valence-corrected chi connectivity index (χ0v) is 9.33. The molecule has 0 atom stereocenters. The lowest BCUT2D eigenvalue weighted by atomic mass is 10.2. The van der Waals surface area contributed by atoms with Crippen LogP contribution in [0.25, 0.3) is 11.3 Å². The highest BCUT2D eigenvalue weighted by Crippen LogP contribution is 2.19. The van der Waals surface area contributed by atoms with Crippen LogP contribution in [0.2, 0.25) is 5.02 Å². The van der Waals surface area contributed by atoms with Crippen LogP contribution in [0.1, 0.15) is 5.56 Å². The van der Waals surface area contributed by atoms with Crippen LogP contribution in [-0.4, -0.2) is 9.97 Å². The number of halogens is 2. The van der Waals surface area contributed by atoms with Gasteiger partial charge in [0, 0.05) is 30.0 Å². The largest absolute Gasteiger partial charge is 0.262 e. The lowest BCUT2D eigenvalue weighted by Crippen LogP contribution is -1.86. The Morgan fingerprint density at radius 3 is 2.60 bits per heavy atom. The summed E-state index contributed by atoms with van der Waals surface area (Å²) in [6.45, 7) is 0. The van der Waals surface area contributed by atoms with Gasteiger partial charge in [-0.15, -0.1) is 11.6 Å². The zero-order valence-electron chi connectivity index (χ0n) is 7.82. The molecule has 0 N–H and O–H groups in total. The molecule has 0 aliphatic rings. The molecule has 0 aliphatic heterocycles. The van der Waals surface area contributed by atoms with E-state index in [4.69, 9.17) is 23.2 Å². The molecule has 4 heteroatoms. The van der Waals surface area contributed by atoms with Gasteiger partial charge in [0.05, 0.1) is 10.7 Å². The minimum Gasteiger partial charge on any atom is -0.262 e. The first-order chi connectivity index (χ1) is 7.29. The Bertz CT molecular complexity index is 454. The molecule has 0 amide bonds. The summed E-state index contributed by atoms with van der Waals surface area (Å²) in [5.41, 5.74) is 2.75. The van der Waals surface area contributed by atoms with E-state index >= 15 is 0 Å². The topological polar surface area (TPSA) is 25.8 Å². The van der Waals surface area contributed by atoms with Crippen molar-refractivity contribution >= 4 is 23.2 Å². The molecule has 76 valence electrons. The van der Waals surface area contributed by atoms with E-state index in [0.29, 0.717) is 10.9 Å². The van der Waals surface area contributed by atoms with Crippen LogP contribution in [-0.2, 0) is 5.88 Å². The van der Waals surface area contributed by atoms with Crippen molar-refractivity contribution in [2.24, 2.45) is 0 Å². The molecule has 15 heavy (non-hydrogen) atoms. The molecule has 2 nitrogen and oxygen atoms in total. The smallest absolute Gasteiger partial charge is 0.0718 e. The molecule has 0 bridgehead atoms. The highest BCUT2D eigenvalue weighted by atomic mass is 35.5. The third kappa shape index (κ3) is 2.46. The Hall–Kier alpha value is -1.12. The molecule has 0 saturated heterocycles. The number of hydrogen-bond donors (Lipinski definition) is 0. The molecule has 0 fully saturated rings. The molecule has 2 heterocycles. The second kappa shape index (κ2) is 4.60. The third-order valence-electron chi connectivity index (χ3n) is 1.98. The van der Waals surface area contributed by atoms with E-state index in [0.717, 1.165) is 16.8 Å². The van der Waals surface area contributed by atoms with Crippen molar-refractivity contribution in [3.05, 3.63) is 47.4 Å². The second-order valence-corrected chi connectivity index (χ2v) is 3.78. The van der Waals surface area contributed by atoms with E-state index in [1.54, 1.807) is 18.6 Å². The minimum atomic E-state index is 0.473. The minimum absolute atomic E-state index is 0.473. The number of nitrogens with zero attached hydrogens (tertiary/aromatic N) is 2. The highest BCUT2D eigenvalue weighted by molar-refractivity contribution is 6.30. The standard InChI is InChI=1S/C11H8Cl2N2/c12-4-8-1-2-11(15-5-8)9-3-10(13)7-14-6-9/h1-3,5-7H,4H2. The summed E-state index contributed by atoms with van der Waals surface area (Å²) in [5, 5.41) is 0.607. The molecule has 0 aliphatic carbocycles. The van der Waals surface area contributed by atoms with Gasteiger partial charge in [0.1, 0.15) is 0 Å². The van der Waals surface area contributed by atoms with E-state index in [1.165, 1.54) is 0 Å². The molecular weight excluding hydrogens is 231 g/mol. The Morgan fingerprint density at radius 2 is 2.00 bits per heavy atom. The molecule has 0 saturated carbocycles. The maximum Gasteiger partial charge on any atom is 0.0718 e. The molecule has 0 spiro atoms. The van der Waals surface area contributed by atoms with Gasteiger partial charge in [-0.2, -0.15) is 0 Å². The van der Waals surface area contributed by atoms with Crippen molar-refractivity contribution in [2.75, 3.05) is 0 Å². The molecule has 2 aromatic rings. The Morgan fingerprint density at radius 1 is 1.13 bits per heavy atom. The molecule has 2 aromatic heterocycles. The average Bonchev–Trinajstić information content (AvgIpc) is 2.29. The lowest BCUT2D eigenvalue weighted by Gasteiger charge is -2.01. The lowest BCUT2D eigenvalue weighted by molar-refractivity contribution is 1.23. The number of rotatable bonds is 2. The van der Waals surface area contributed by atoms with Crippen molar-refractivity contribution in [3.63, 3.8) is 0 Å². The number of alkyl halides is 1. The Labute approximate surface area is 97.9 Å². The fourth-order valence-corrected chi connectivity index (χ4v) is 1.56. The van der Waals surface area contributed by atoms with Gasteiger partial charge in [-0.3, -0.25) is 9.97 Å². The first kappa shape index (κ1) is 10.4. The highest BCUT2D eigenvalue weighted by Gasteiger charge is 2.00. The number of aromatic nitrogens is 2. The summed E-state index contributed by atoms with van der Waals surface area (Å²) in [7, 11) is 0. The SMILES string of the molecule is ClCc1ccc(-c2cncc(Cl)c2)nc1. The quantitative estimate of drug-likeness (QED) is 0.749. The van der Waals surface area contributed by atoms with Crippen molar-refractivity contribution in [2.45, 2.75) is 5.88 Å². The molecular formula is C11H8Cl2N2. The van der Waals surface area contributed by atoms with E-state index in [-0.39, 0.29) is 0 Å². The summed E-state index contributed by atoms with van der Waals surface area (Å²) in [6, 6.07) is 5.68. The third-order valence-corrected chi connectivity index (χ3v) is 2.49. The van der Waals surface area contributed by atoms with Gasteiger partial charge >= 0.3 is 0 Å². The van der Waals surface area contributed by atoms with Gasteiger partial charge in [0.2, 0.25) is 0 Å². The summed E-state index contributed by atoms with van der Waals surface area (Å²) in [5.74, 6) is 0.473. The van der Waals surface area contributed by atoms with E-state index < -0.39 is 0 Å². The molecule has 0 unspecified atom stereocenters. The van der Waals surface area contributed by atoms with Crippen molar-refractivity contribution in [1.29, 1.82) is 0 Å². The van der Waals surface area contributed by atoms with Gasteiger partial charge in [0.15, 0.2) is 0 Å². The first-order valence-electron chi connectivity index (χ1n) is 4.41. The van der Waals surface area contributed by atoms with Crippen molar-refractivity contribution < 1.29 is 0 Å². The number of pyridine rings is 2. The van der Waals surface area contributed by atoms with Crippen molar-refractivity contribution in [1.82, 2.24) is 9.97 Å². The second-order valence-electron chi connectivity index (χ2n) is 3.08. The summed E-state index contributed by atoms with van der Waals surface area (Å²) in [4.78, 5) is 8.28. The fourth-order valence-electron chi connectivity index (χ4n) is 1.23. The monoisotopic (exact) mass is 238 g/mol. The fraction of sp³-hybridized carbons (Fsp3) is 0.0909. The Balaban J connectivity index is 2.37. The van der Waals surface area contributed by atoms with Gasteiger partial charge in [-0.25, -0.2) is 0 Å². The van der Waals surface area contributed by atoms with Crippen LogP contribution in [0.5, 0.6) is 0 Å². The van der Waals surface area contributed by atoms with Gasteiger partial charge in [-0.05, 0) is 17.7 Å². The molecule has 0 aromatic carbocycles. The molecule has 2 rings (SSSR count). The number of hydrogen-bond acceptors (Lipinski definition) is 2. The summed E-state index contributed by atoms with van der Waals surface area (Å²) >= 11 is 11.5. The van der Waals surface area contributed by atoms with E-state index in [2.05, 4.69) is 9.97 Å². The van der Waals surface area contributed by atoms with Gasteiger partial charge in [0.25, 0.3) is 0 Å². The maximum absolute atomic E-state index is 5.84. The zero-order chi connectivity index (χ0) is 10.7. The van der Waals surface area contributed by atoms with Crippen LogP contribution in [0, 0.1) is 0 Å². The molecule has 0 radical (unpaired) electrons. The maximum atomic E-state index is 5.84. The van der Waals surface area contributed by atoms with Crippen LogP contribution in [0.15, 0.2) is 36.8 Å². The van der Waals surface area contributed by atoms with E-state index in [9.17, 15) is 0 Å². The summed E-state index contributed by atoms with van der Waals surface area (Å²) in [6.07, 6.45) is 5.08. The van der Waals surface area contributed by atoms with Crippen LogP contribution in [0.4, 0.5) is 0 Å². The predicted octanol–water partition coefficient (Wildman–Crippen LogP) is 3.54. The first-order valence-corrected chi connectivity index (χ1v) is 5.32. The van der Waals surface area contributed by atoms with Gasteiger partial charge < -0.3 is 0 Å². The van der Waals surface area contributed by atoms with Crippen LogP contribution >= 0.6 is 23.2 Å².